The summed E-state index contributed by atoms with van der Waals surface area (Å²) in [5.74, 6) is 0. The normalized spacial score (nSPS) is 27.3. The van der Waals surface area contributed by atoms with Crippen molar-refractivity contribution in [1.29, 1.82) is 0 Å². The van der Waals surface area contributed by atoms with E-state index in [2.05, 4.69) is 9.97 Å². The van der Waals surface area contributed by atoms with Gasteiger partial charge in [-0.05, 0) is 20.8 Å². The fraction of sp³-hybridized carbons (Fsp3) is 0.636. The second kappa shape index (κ2) is 3.73. The van der Waals surface area contributed by atoms with Crippen molar-refractivity contribution in [1.82, 2.24) is 14.9 Å². The topological polar surface area (TPSA) is 78.5 Å². The van der Waals surface area contributed by atoms with Crippen LogP contribution in [-0.4, -0.2) is 43.9 Å². The molecule has 0 spiro atoms. The van der Waals surface area contributed by atoms with E-state index >= 15 is 0 Å². The van der Waals surface area contributed by atoms with E-state index in [9.17, 15) is 9.90 Å². The molecule has 0 radical (unpaired) electrons. The standard InChI is InChI=1S/C11H17N3O3/c1-10(2)11(3,16)14(9(15)17-10)5-4-8-6-12-7-13-8/h6-7,16H,4-5H2,1-3H3,(H,12,13). The Hall–Kier alpha value is -1.56. The highest BCUT2D eigenvalue weighted by molar-refractivity contribution is 5.72. The highest BCUT2D eigenvalue weighted by Gasteiger charge is 2.56. The molecule has 2 rings (SSSR count). The molecule has 6 heteroatoms. The zero-order chi connectivity index (χ0) is 12.7. The van der Waals surface area contributed by atoms with E-state index in [4.69, 9.17) is 4.74 Å². The van der Waals surface area contributed by atoms with Crippen LogP contribution < -0.4 is 0 Å². The summed E-state index contributed by atoms with van der Waals surface area (Å²) in [4.78, 5) is 19.9. The zero-order valence-electron chi connectivity index (χ0n) is 10.2. The van der Waals surface area contributed by atoms with Crippen LogP contribution in [-0.2, 0) is 11.2 Å². The summed E-state index contributed by atoms with van der Waals surface area (Å²) in [6, 6.07) is 0. The number of H-pyrrole nitrogens is 1. The molecule has 2 N–H and O–H groups in total. The molecule has 6 nitrogen and oxygen atoms in total. The van der Waals surface area contributed by atoms with Crippen molar-refractivity contribution in [3.63, 3.8) is 0 Å². The molecule has 1 aromatic rings. The van der Waals surface area contributed by atoms with E-state index in [1.165, 1.54) is 4.90 Å². The first-order valence-electron chi connectivity index (χ1n) is 5.55. The van der Waals surface area contributed by atoms with Crippen molar-refractivity contribution in [2.75, 3.05) is 6.54 Å². The van der Waals surface area contributed by atoms with Gasteiger partial charge in [0.15, 0.2) is 11.3 Å². The number of aliphatic hydroxyl groups is 1. The molecule has 1 saturated heterocycles. The Morgan fingerprint density at radius 3 is 2.71 bits per heavy atom. The van der Waals surface area contributed by atoms with Gasteiger partial charge in [-0.3, -0.25) is 4.90 Å². The molecule has 1 atom stereocenters. The highest BCUT2D eigenvalue weighted by Crippen LogP contribution is 2.36. The quantitative estimate of drug-likeness (QED) is 0.821. The van der Waals surface area contributed by atoms with Crippen molar-refractivity contribution < 1.29 is 14.6 Å². The summed E-state index contributed by atoms with van der Waals surface area (Å²) in [6.45, 7) is 5.37. The van der Waals surface area contributed by atoms with Crippen LogP contribution in [0.15, 0.2) is 12.5 Å². The third-order valence-corrected chi connectivity index (χ3v) is 3.39. The Balaban J connectivity index is 2.08. The number of aromatic nitrogens is 2. The molecule has 1 aliphatic rings. The Morgan fingerprint density at radius 1 is 1.53 bits per heavy atom. The molecule has 1 fully saturated rings. The molecule has 1 amide bonds. The maximum atomic E-state index is 11.7. The predicted octanol–water partition coefficient (Wildman–Crippen LogP) is 0.891. The minimum atomic E-state index is -1.30. The number of nitrogens with zero attached hydrogens (tertiary/aromatic N) is 2. The smallest absolute Gasteiger partial charge is 0.412 e. The summed E-state index contributed by atoms with van der Waals surface area (Å²) in [5.41, 5.74) is -1.29. The third-order valence-electron chi connectivity index (χ3n) is 3.39. The van der Waals surface area contributed by atoms with Crippen molar-refractivity contribution in [2.45, 2.75) is 38.5 Å². The van der Waals surface area contributed by atoms with Gasteiger partial charge in [0.25, 0.3) is 0 Å². The fourth-order valence-electron chi connectivity index (χ4n) is 1.84. The fourth-order valence-corrected chi connectivity index (χ4v) is 1.84. The lowest BCUT2D eigenvalue weighted by Gasteiger charge is -2.34. The van der Waals surface area contributed by atoms with Gasteiger partial charge in [0.05, 0.1) is 6.33 Å². The third kappa shape index (κ3) is 1.88. The van der Waals surface area contributed by atoms with Crippen molar-refractivity contribution in [3.8, 4) is 0 Å². The van der Waals surface area contributed by atoms with Gasteiger partial charge in [-0.1, -0.05) is 0 Å². The highest BCUT2D eigenvalue weighted by atomic mass is 16.6. The van der Waals surface area contributed by atoms with Gasteiger partial charge in [-0.2, -0.15) is 0 Å². The molecule has 1 unspecified atom stereocenters. The lowest BCUT2D eigenvalue weighted by Crippen LogP contribution is -2.54. The first-order valence-corrected chi connectivity index (χ1v) is 5.55. The Morgan fingerprint density at radius 2 is 2.24 bits per heavy atom. The molecular weight excluding hydrogens is 222 g/mol. The van der Waals surface area contributed by atoms with E-state index in [0.717, 1.165) is 5.69 Å². The van der Waals surface area contributed by atoms with Crippen molar-refractivity contribution in [3.05, 3.63) is 18.2 Å². The van der Waals surface area contributed by atoms with Gasteiger partial charge in [-0.15, -0.1) is 0 Å². The van der Waals surface area contributed by atoms with Gasteiger partial charge in [0.2, 0.25) is 0 Å². The van der Waals surface area contributed by atoms with Gasteiger partial charge < -0.3 is 14.8 Å². The minimum absolute atomic E-state index is 0.386. The predicted molar refractivity (Wildman–Crippen MR) is 60.2 cm³/mol. The van der Waals surface area contributed by atoms with E-state index in [1.807, 2.05) is 0 Å². The zero-order valence-corrected chi connectivity index (χ0v) is 10.2. The minimum Gasteiger partial charge on any atom is -0.438 e. The van der Waals surface area contributed by atoms with E-state index in [1.54, 1.807) is 33.3 Å². The lowest BCUT2D eigenvalue weighted by atomic mass is 9.96. The summed E-state index contributed by atoms with van der Waals surface area (Å²) in [5, 5.41) is 10.3. The molecular formula is C11H17N3O3. The van der Waals surface area contributed by atoms with Crippen LogP contribution in [0.3, 0.4) is 0 Å². The second-order valence-electron chi connectivity index (χ2n) is 4.88. The average molecular weight is 239 g/mol. The van der Waals surface area contributed by atoms with E-state index < -0.39 is 17.4 Å². The molecule has 0 saturated carbocycles. The van der Waals surface area contributed by atoms with Crippen LogP contribution >= 0.6 is 0 Å². The van der Waals surface area contributed by atoms with Crippen LogP contribution in [0.5, 0.6) is 0 Å². The van der Waals surface area contributed by atoms with Crippen LogP contribution in [0.1, 0.15) is 26.5 Å². The molecule has 2 heterocycles. The Kier molecular flexibility index (Phi) is 2.61. The molecule has 0 aliphatic carbocycles. The second-order valence-corrected chi connectivity index (χ2v) is 4.88. The number of carbonyl (C=O) groups excluding carboxylic acids is 1. The molecule has 0 bridgehead atoms. The lowest BCUT2D eigenvalue weighted by molar-refractivity contribution is -0.126. The maximum Gasteiger partial charge on any atom is 0.412 e. The van der Waals surface area contributed by atoms with E-state index in [0.29, 0.717) is 13.0 Å². The van der Waals surface area contributed by atoms with Crippen LogP contribution in [0.2, 0.25) is 0 Å². The number of amides is 1. The SMILES string of the molecule is CC1(C)OC(=O)N(CCc2cnc[nH]2)C1(C)O. The van der Waals surface area contributed by atoms with Gasteiger partial charge in [0.1, 0.15) is 0 Å². The summed E-state index contributed by atoms with van der Waals surface area (Å²) >= 11 is 0. The van der Waals surface area contributed by atoms with Gasteiger partial charge >= 0.3 is 6.09 Å². The number of carbonyl (C=O) groups is 1. The number of rotatable bonds is 3. The van der Waals surface area contributed by atoms with Gasteiger partial charge in [0, 0.05) is 24.9 Å². The van der Waals surface area contributed by atoms with E-state index in [-0.39, 0.29) is 0 Å². The first kappa shape index (κ1) is 11.9. The molecule has 94 valence electrons. The number of ether oxygens (including phenoxy) is 1. The summed E-state index contributed by atoms with van der Waals surface area (Å²) in [7, 11) is 0. The van der Waals surface area contributed by atoms with Crippen LogP contribution in [0.4, 0.5) is 4.79 Å². The number of imidazole rings is 1. The van der Waals surface area contributed by atoms with Crippen LogP contribution in [0, 0.1) is 0 Å². The number of hydrogen-bond acceptors (Lipinski definition) is 4. The first-order chi connectivity index (χ1) is 7.84. The summed E-state index contributed by atoms with van der Waals surface area (Å²) in [6.07, 6.45) is 3.39. The average Bonchev–Trinajstić information content (AvgIpc) is 2.73. The molecule has 1 aromatic heterocycles. The van der Waals surface area contributed by atoms with Crippen molar-refractivity contribution in [2.24, 2.45) is 0 Å². The maximum absolute atomic E-state index is 11.7. The Labute approximate surface area is 99.6 Å². The number of cyclic esters (lactones) is 1. The largest absolute Gasteiger partial charge is 0.438 e. The summed E-state index contributed by atoms with van der Waals surface area (Å²) < 4.78 is 5.16. The molecule has 1 aliphatic heterocycles. The number of hydrogen-bond donors (Lipinski definition) is 2. The molecule has 0 aromatic carbocycles. The van der Waals surface area contributed by atoms with Crippen molar-refractivity contribution >= 4 is 6.09 Å². The number of aromatic amines is 1. The monoisotopic (exact) mass is 239 g/mol. The van der Waals surface area contributed by atoms with Gasteiger partial charge in [-0.25, -0.2) is 9.78 Å². The Bertz CT molecular complexity index is 412. The molecule has 17 heavy (non-hydrogen) atoms. The number of nitrogens with one attached hydrogen (secondary N) is 1. The van der Waals surface area contributed by atoms with Crippen LogP contribution in [0.25, 0.3) is 0 Å².